The number of hydrogen-bond acceptors (Lipinski definition) is 4. The summed E-state index contributed by atoms with van der Waals surface area (Å²) in [4.78, 5) is 27.3. The Hall–Kier alpha value is -2.86. The van der Waals surface area contributed by atoms with Gasteiger partial charge in [0.15, 0.2) is 0 Å². The van der Waals surface area contributed by atoms with Crippen molar-refractivity contribution in [3.05, 3.63) is 74.8 Å². The molecule has 0 radical (unpaired) electrons. The van der Waals surface area contributed by atoms with Crippen molar-refractivity contribution in [1.82, 2.24) is 4.98 Å². The summed E-state index contributed by atoms with van der Waals surface area (Å²) in [5, 5.41) is 4.10. The number of methoxy groups -OCH3 is 1. The lowest BCUT2D eigenvalue weighted by Gasteiger charge is -2.19. The number of para-hydroxylation sites is 1. The lowest BCUT2D eigenvalue weighted by Crippen LogP contribution is -2.23. The standard InChI is InChI=1S/C19H16ClFN2O3/c1-10(11-6-8-12(21)9-7-11)22-17-13-4-3-5-14(20)16(13)23-18(24)15(17)19(25)26-2/h3-10H,1-2H3,(H2,22,23,24)/t10-/m0/s1. The second-order valence-electron chi connectivity index (χ2n) is 5.78. The molecule has 7 heteroatoms. The second-order valence-corrected chi connectivity index (χ2v) is 6.18. The molecule has 0 spiro atoms. The molecule has 1 aromatic heterocycles. The van der Waals surface area contributed by atoms with Gasteiger partial charge in [0, 0.05) is 11.4 Å². The number of anilines is 1. The van der Waals surface area contributed by atoms with E-state index in [-0.39, 0.29) is 17.4 Å². The van der Waals surface area contributed by atoms with Gasteiger partial charge in [-0.05, 0) is 30.7 Å². The minimum atomic E-state index is -0.762. The fourth-order valence-corrected chi connectivity index (χ4v) is 3.00. The predicted molar refractivity (Wildman–Crippen MR) is 99.4 cm³/mol. The highest BCUT2D eigenvalue weighted by Crippen LogP contribution is 2.31. The van der Waals surface area contributed by atoms with Gasteiger partial charge in [-0.15, -0.1) is 0 Å². The molecule has 26 heavy (non-hydrogen) atoms. The molecule has 1 atom stereocenters. The van der Waals surface area contributed by atoms with Crippen molar-refractivity contribution in [3.8, 4) is 0 Å². The van der Waals surface area contributed by atoms with Crippen LogP contribution in [0.25, 0.3) is 10.9 Å². The van der Waals surface area contributed by atoms with Gasteiger partial charge in [-0.25, -0.2) is 9.18 Å². The summed E-state index contributed by atoms with van der Waals surface area (Å²) < 4.78 is 17.9. The van der Waals surface area contributed by atoms with E-state index in [0.29, 0.717) is 21.6 Å². The number of pyridine rings is 1. The molecular weight excluding hydrogens is 359 g/mol. The van der Waals surface area contributed by atoms with E-state index in [2.05, 4.69) is 10.3 Å². The van der Waals surface area contributed by atoms with E-state index in [0.717, 1.165) is 5.56 Å². The van der Waals surface area contributed by atoms with E-state index >= 15 is 0 Å². The molecule has 0 saturated carbocycles. The van der Waals surface area contributed by atoms with Crippen molar-refractivity contribution >= 4 is 34.2 Å². The van der Waals surface area contributed by atoms with Crippen LogP contribution in [-0.4, -0.2) is 18.1 Å². The molecule has 5 nitrogen and oxygen atoms in total. The Labute approximate surface area is 153 Å². The molecule has 0 aliphatic heterocycles. The highest BCUT2D eigenvalue weighted by Gasteiger charge is 2.22. The Morgan fingerprint density at radius 1 is 1.23 bits per heavy atom. The van der Waals surface area contributed by atoms with Crippen LogP contribution in [0.15, 0.2) is 47.3 Å². The number of hydrogen-bond donors (Lipinski definition) is 2. The maximum absolute atomic E-state index is 13.2. The number of aromatic amines is 1. The third kappa shape index (κ3) is 3.28. The Balaban J connectivity index is 2.18. The first-order chi connectivity index (χ1) is 12.4. The van der Waals surface area contributed by atoms with E-state index in [9.17, 15) is 14.0 Å². The Morgan fingerprint density at radius 3 is 2.58 bits per heavy atom. The van der Waals surface area contributed by atoms with Crippen molar-refractivity contribution in [2.24, 2.45) is 0 Å². The fraction of sp³-hybridized carbons (Fsp3) is 0.158. The molecule has 3 rings (SSSR count). The number of ether oxygens (including phenoxy) is 1. The second kappa shape index (κ2) is 7.17. The van der Waals surface area contributed by atoms with Gasteiger partial charge in [-0.1, -0.05) is 35.9 Å². The van der Waals surface area contributed by atoms with Crippen molar-refractivity contribution in [3.63, 3.8) is 0 Å². The minimum Gasteiger partial charge on any atom is -0.465 e. The first-order valence-corrected chi connectivity index (χ1v) is 8.25. The van der Waals surface area contributed by atoms with Crippen LogP contribution in [0.4, 0.5) is 10.1 Å². The van der Waals surface area contributed by atoms with E-state index in [1.807, 2.05) is 6.92 Å². The first kappa shape index (κ1) is 17.9. The number of rotatable bonds is 4. The van der Waals surface area contributed by atoms with Gasteiger partial charge in [0.25, 0.3) is 5.56 Å². The van der Waals surface area contributed by atoms with Crippen LogP contribution in [0.3, 0.4) is 0 Å². The molecule has 0 aliphatic carbocycles. The van der Waals surface area contributed by atoms with Crippen molar-refractivity contribution in [1.29, 1.82) is 0 Å². The zero-order valence-corrected chi connectivity index (χ0v) is 14.9. The van der Waals surface area contributed by atoms with Crippen molar-refractivity contribution in [2.45, 2.75) is 13.0 Å². The topological polar surface area (TPSA) is 71.2 Å². The zero-order chi connectivity index (χ0) is 18.8. The normalized spacial score (nSPS) is 12.0. The average Bonchev–Trinajstić information content (AvgIpc) is 2.62. The summed E-state index contributed by atoms with van der Waals surface area (Å²) in [5.74, 6) is -1.11. The van der Waals surface area contributed by atoms with Crippen LogP contribution < -0.4 is 10.9 Å². The smallest absolute Gasteiger partial charge is 0.345 e. The summed E-state index contributed by atoms with van der Waals surface area (Å²) in [6, 6.07) is 10.8. The maximum Gasteiger partial charge on any atom is 0.345 e. The number of fused-ring (bicyclic) bond motifs is 1. The number of H-pyrrole nitrogens is 1. The van der Waals surface area contributed by atoms with Gasteiger partial charge in [0.05, 0.1) is 23.3 Å². The highest BCUT2D eigenvalue weighted by atomic mass is 35.5. The lowest BCUT2D eigenvalue weighted by atomic mass is 10.0. The molecule has 134 valence electrons. The Morgan fingerprint density at radius 2 is 1.92 bits per heavy atom. The molecule has 1 heterocycles. The van der Waals surface area contributed by atoms with Crippen LogP contribution in [0.5, 0.6) is 0 Å². The predicted octanol–water partition coefficient (Wildman–Crippen LogP) is 4.28. The number of benzene rings is 2. The van der Waals surface area contributed by atoms with Gasteiger partial charge < -0.3 is 15.0 Å². The molecule has 0 fully saturated rings. The number of halogens is 2. The molecular formula is C19H16ClFN2O3. The Bertz CT molecular complexity index is 1030. The molecule has 0 bridgehead atoms. The molecule has 2 aromatic carbocycles. The number of esters is 1. The molecule has 0 unspecified atom stereocenters. The summed E-state index contributed by atoms with van der Waals surface area (Å²) in [6.45, 7) is 1.84. The SMILES string of the molecule is COC(=O)c1c(N[C@@H](C)c2ccc(F)cc2)c2cccc(Cl)c2[nH]c1=O. The Kier molecular flexibility index (Phi) is 4.95. The monoisotopic (exact) mass is 374 g/mol. The summed E-state index contributed by atoms with van der Waals surface area (Å²) >= 11 is 6.18. The largest absolute Gasteiger partial charge is 0.465 e. The van der Waals surface area contributed by atoms with Crippen LogP contribution in [-0.2, 0) is 4.74 Å². The quantitative estimate of drug-likeness (QED) is 0.669. The van der Waals surface area contributed by atoms with Gasteiger partial charge in [-0.2, -0.15) is 0 Å². The minimum absolute atomic E-state index is 0.142. The van der Waals surface area contributed by atoms with Gasteiger partial charge >= 0.3 is 5.97 Å². The van der Waals surface area contributed by atoms with Crippen LogP contribution >= 0.6 is 11.6 Å². The van der Waals surface area contributed by atoms with Crippen molar-refractivity contribution in [2.75, 3.05) is 12.4 Å². The third-order valence-corrected chi connectivity index (χ3v) is 4.43. The molecule has 0 amide bonds. The van der Waals surface area contributed by atoms with E-state index in [1.165, 1.54) is 19.2 Å². The van der Waals surface area contributed by atoms with Crippen LogP contribution in [0, 0.1) is 5.82 Å². The molecule has 0 aliphatic rings. The number of aromatic nitrogens is 1. The first-order valence-electron chi connectivity index (χ1n) is 7.87. The van der Waals surface area contributed by atoms with E-state index in [1.54, 1.807) is 30.3 Å². The molecule has 2 N–H and O–H groups in total. The number of carbonyl (C=O) groups excluding carboxylic acids is 1. The molecule has 3 aromatic rings. The highest BCUT2D eigenvalue weighted by molar-refractivity contribution is 6.35. The number of nitrogens with one attached hydrogen (secondary N) is 2. The van der Waals surface area contributed by atoms with Crippen LogP contribution in [0.1, 0.15) is 28.9 Å². The van der Waals surface area contributed by atoms with Gasteiger partial charge in [-0.3, -0.25) is 4.79 Å². The summed E-state index contributed by atoms with van der Waals surface area (Å²) in [6.07, 6.45) is 0. The molecule has 0 saturated heterocycles. The summed E-state index contributed by atoms with van der Waals surface area (Å²) in [7, 11) is 1.21. The average molecular weight is 375 g/mol. The lowest BCUT2D eigenvalue weighted by molar-refractivity contribution is 0.0600. The van der Waals surface area contributed by atoms with Gasteiger partial charge in [0.2, 0.25) is 0 Å². The van der Waals surface area contributed by atoms with E-state index in [4.69, 9.17) is 16.3 Å². The fourth-order valence-electron chi connectivity index (χ4n) is 2.78. The van der Waals surface area contributed by atoms with Gasteiger partial charge in [0.1, 0.15) is 11.4 Å². The summed E-state index contributed by atoms with van der Waals surface area (Å²) in [5.41, 5.74) is 0.774. The number of carbonyl (C=O) groups is 1. The maximum atomic E-state index is 13.2. The zero-order valence-electron chi connectivity index (χ0n) is 14.1. The third-order valence-electron chi connectivity index (χ3n) is 4.12. The van der Waals surface area contributed by atoms with Crippen molar-refractivity contribution < 1.29 is 13.9 Å². The van der Waals surface area contributed by atoms with Crippen LogP contribution in [0.2, 0.25) is 5.02 Å². The van der Waals surface area contributed by atoms with E-state index < -0.39 is 11.5 Å².